The number of hydrogen-bond donors (Lipinski definition) is 1. The molecule has 6 nitrogen and oxygen atoms in total. The molecule has 1 heterocycles. The van der Waals surface area contributed by atoms with Crippen molar-refractivity contribution in [1.29, 1.82) is 0 Å². The topological polar surface area (TPSA) is 69.0 Å². The van der Waals surface area contributed by atoms with Gasteiger partial charge >= 0.3 is 0 Å². The summed E-state index contributed by atoms with van der Waals surface area (Å²) >= 11 is 7.58. The molecular weight excluding hydrogens is 348 g/mol. The first-order valence-corrected chi connectivity index (χ1v) is 8.88. The molecular formula is C16H21ClN4O2S. The van der Waals surface area contributed by atoms with Gasteiger partial charge in [-0.2, -0.15) is 0 Å². The molecule has 130 valence electrons. The standard InChI is InChI=1S/C16H21ClN4O2S/c1-11(15(22)18-9-6-10-23-3)24-16-20-19-14(21(16)2)12-7-4-5-8-13(12)17/h4-5,7-8,11H,6,9-10H2,1-3H3,(H,18,22). The first-order chi connectivity index (χ1) is 11.5. The molecule has 8 heteroatoms. The molecule has 0 radical (unpaired) electrons. The normalized spacial score (nSPS) is 12.2. The zero-order valence-corrected chi connectivity index (χ0v) is 15.5. The second-order valence-corrected chi connectivity index (χ2v) is 6.96. The van der Waals surface area contributed by atoms with E-state index in [-0.39, 0.29) is 11.2 Å². The summed E-state index contributed by atoms with van der Waals surface area (Å²) in [7, 11) is 3.51. The van der Waals surface area contributed by atoms with Gasteiger partial charge in [0, 0.05) is 32.9 Å². The molecule has 0 aliphatic carbocycles. The number of amides is 1. The highest BCUT2D eigenvalue weighted by Gasteiger charge is 2.19. The highest BCUT2D eigenvalue weighted by Crippen LogP contribution is 2.29. The number of ether oxygens (including phenoxy) is 1. The fourth-order valence-electron chi connectivity index (χ4n) is 2.08. The Balaban J connectivity index is 2.01. The molecule has 1 unspecified atom stereocenters. The smallest absolute Gasteiger partial charge is 0.233 e. The number of methoxy groups -OCH3 is 1. The number of nitrogens with zero attached hydrogens (tertiary/aromatic N) is 3. The Kier molecular flexibility index (Phi) is 7.08. The van der Waals surface area contributed by atoms with Gasteiger partial charge in [-0.1, -0.05) is 35.5 Å². The SMILES string of the molecule is COCCCNC(=O)C(C)Sc1nnc(-c2ccccc2Cl)n1C. The molecule has 1 aromatic carbocycles. The van der Waals surface area contributed by atoms with Crippen LogP contribution in [0, 0.1) is 0 Å². The predicted molar refractivity (Wildman–Crippen MR) is 96.3 cm³/mol. The van der Waals surface area contributed by atoms with Crippen LogP contribution in [0.2, 0.25) is 5.02 Å². The Bertz CT molecular complexity index is 692. The number of nitrogens with one attached hydrogen (secondary N) is 1. The summed E-state index contributed by atoms with van der Waals surface area (Å²) in [5.41, 5.74) is 0.817. The van der Waals surface area contributed by atoms with Crippen molar-refractivity contribution in [3.05, 3.63) is 29.3 Å². The average Bonchev–Trinajstić information content (AvgIpc) is 2.92. The maximum atomic E-state index is 12.1. The third-order valence-corrected chi connectivity index (χ3v) is 4.89. The zero-order valence-electron chi connectivity index (χ0n) is 14.0. The number of carbonyl (C=O) groups excluding carboxylic acids is 1. The van der Waals surface area contributed by atoms with Crippen LogP contribution in [-0.2, 0) is 16.6 Å². The maximum absolute atomic E-state index is 12.1. The largest absolute Gasteiger partial charge is 0.385 e. The van der Waals surface area contributed by atoms with Gasteiger partial charge in [0.15, 0.2) is 11.0 Å². The maximum Gasteiger partial charge on any atom is 0.233 e. The van der Waals surface area contributed by atoms with Gasteiger partial charge in [-0.05, 0) is 25.5 Å². The van der Waals surface area contributed by atoms with Crippen molar-refractivity contribution < 1.29 is 9.53 Å². The Morgan fingerprint density at radius 1 is 1.42 bits per heavy atom. The molecule has 0 saturated heterocycles. The summed E-state index contributed by atoms with van der Waals surface area (Å²) in [5, 5.41) is 12.3. The van der Waals surface area contributed by atoms with Gasteiger partial charge in [-0.25, -0.2) is 0 Å². The molecule has 0 bridgehead atoms. The first-order valence-electron chi connectivity index (χ1n) is 7.62. The highest BCUT2D eigenvalue weighted by atomic mass is 35.5. The van der Waals surface area contributed by atoms with Gasteiger partial charge in [0.2, 0.25) is 5.91 Å². The number of carbonyl (C=O) groups is 1. The molecule has 24 heavy (non-hydrogen) atoms. The minimum atomic E-state index is -0.269. The van der Waals surface area contributed by atoms with Crippen LogP contribution in [0.15, 0.2) is 29.4 Å². The summed E-state index contributed by atoms with van der Waals surface area (Å²) in [6.45, 7) is 3.08. The molecule has 2 aromatic rings. The quantitative estimate of drug-likeness (QED) is 0.573. The van der Waals surface area contributed by atoms with E-state index < -0.39 is 0 Å². The molecule has 0 aliphatic rings. The van der Waals surface area contributed by atoms with Crippen LogP contribution in [0.5, 0.6) is 0 Å². The van der Waals surface area contributed by atoms with Crippen molar-refractivity contribution >= 4 is 29.3 Å². The van der Waals surface area contributed by atoms with Gasteiger partial charge in [0.05, 0.1) is 10.3 Å². The van der Waals surface area contributed by atoms with Gasteiger partial charge in [0.1, 0.15) is 0 Å². The van der Waals surface area contributed by atoms with E-state index >= 15 is 0 Å². The lowest BCUT2D eigenvalue weighted by molar-refractivity contribution is -0.120. The lowest BCUT2D eigenvalue weighted by atomic mass is 10.2. The van der Waals surface area contributed by atoms with Crippen LogP contribution >= 0.6 is 23.4 Å². The molecule has 1 amide bonds. The molecule has 0 fully saturated rings. The van der Waals surface area contributed by atoms with Crippen LogP contribution in [0.3, 0.4) is 0 Å². The number of hydrogen-bond acceptors (Lipinski definition) is 5. The Morgan fingerprint density at radius 3 is 2.88 bits per heavy atom. The highest BCUT2D eigenvalue weighted by molar-refractivity contribution is 8.00. The molecule has 2 rings (SSSR count). The van der Waals surface area contributed by atoms with Crippen molar-refractivity contribution in [3.63, 3.8) is 0 Å². The van der Waals surface area contributed by atoms with Crippen molar-refractivity contribution in [1.82, 2.24) is 20.1 Å². The van der Waals surface area contributed by atoms with Gasteiger partial charge < -0.3 is 14.6 Å². The monoisotopic (exact) mass is 368 g/mol. The molecule has 0 aliphatic heterocycles. The van der Waals surface area contributed by atoms with Crippen LogP contribution < -0.4 is 5.32 Å². The van der Waals surface area contributed by atoms with E-state index in [4.69, 9.17) is 16.3 Å². The Morgan fingerprint density at radius 2 is 2.17 bits per heavy atom. The summed E-state index contributed by atoms with van der Waals surface area (Å²) in [4.78, 5) is 12.1. The van der Waals surface area contributed by atoms with E-state index in [1.165, 1.54) is 11.8 Å². The lowest BCUT2D eigenvalue weighted by Gasteiger charge is -2.11. The van der Waals surface area contributed by atoms with Crippen LogP contribution in [-0.4, -0.2) is 46.2 Å². The predicted octanol–water partition coefficient (Wildman–Crippen LogP) is 2.77. The number of halogens is 1. The minimum absolute atomic E-state index is 0.0293. The van der Waals surface area contributed by atoms with E-state index in [1.54, 1.807) is 7.11 Å². The molecule has 1 atom stereocenters. The number of aromatic nitrogens is 3. The Hall–Kier alpha value is -1.57. The van der Waals surface area contributed by atoms with Gasteiger partial charge in [0.25, 0.3) is 0 Å². The second kappa shape index (κ2) is 9.05. The van der Waals surface area contributed by atoms with Crippen LogP contribution in [0.1, 0.15) is 13.3 Å². The minimum Gasteiger partial charge on any atom is -0.385 e. The number of rotatable bonds is 8. The van der Waals surface area contributed by atoms with E-state index in [2.05, 4.69) is 15.5 Å². The molecule has 0 spiro atoms. The first kappa shape index (κ1) is 18.8. The fourth-order valence-corrected chi connectivity index (χ4v) is 3.14. The molecule has 1 N–H and O–H groups in total. The van der Waals surface area contributed by atoms with Crippen molar-refractivity contribution in [2.45, 2.75) is 23.8 Å². The Labute approximate surface area is 150 Å². The van der Waals surface area contributed by atoms with E-state index in [0.29, 0.717) is 29.2 Å². The van der Waals surface area contributed by atoms with E-state index in [1.807, 2.05) is 42.8 Å². The number of benzene rings is 1. The van der Waals surface area contributed by atoms with Gasteiger partial charge in [-0.15, -0.1) is 10.2 Å². The van der Waals surface area contributed by atoms with Gasteiger partial charge in [-0.3, -0.25) is 4.79 Å². The molecule has 1 aromatic heterocycles. The van der Waals surface area contributed by atoms with Crippen molar-refractivity contribution in [3.8, 4) is 11.4 Å². The molecule has 0 saturated carbocycles. The summed E-state index contributed by atoms with van der Waals surface area (Å²) < 4.78 is 6.81. The van der Waals surface area contributed by atoms with Crippen LogP contribution in [0.25, 0.3) is 11.4 Å². The summed E-state index contributed by atoms with van der Waals surface area (Å²) in [5.74, 6) is 0.647. The van der Waals surface area contributed by atoms with Crippen molar-refractivity contribution in [2.75, 3.05) is 20.3 Å². The average molecular weight is 369 g/mol. The zero-order chi connectivity index (χ0) is 17.5. The third-order valence-electron chi connectivity index (χ3n) is 3.43. The number of thioether (sulfide) groups is 1. The fraction of sp³-hybridized carbons (Fsp3) is 0.438. The van der Waals surface area contributed by atoms with Crippen LogP contribution in [0.4, 0.5) is 0 Å². The third kappa shape index (κ3) is 4.72. The summed E-state index contributed by atoms with van der Waals surface area (Å²) in [6, 6.07) is 7.48. The lowest BCUT2D eigenvalue weighted by Crippen LogP contribution is -2.32. The summed E-state index contributed by atoms with van der Waals surface area (Å²) in [6.07, 6.45) is 0.792. The van der Waals surface area contributed by atoms with Crippen molar-refractivity contribution in [2.24, 2.45) is 7.05 Å². The van der Waals surface area contributed by atoms with E-state index in [0.717, 1.165) is 12.0 Å². The second-order valence-electron chi connectivity index (χ2n) is 5.24. The van der Waals surface area contributed by atoms with E-state index in [9.17, 15) is 4.79 Å².